The second-order valence-electron chi connectivity index (χ2n) is 4.73. The summed E-state index contributed by atoms with van der Waals surface area (Å²) in [6.45, 7) is 1.83. The second-order valence-corrected chi connectivity index (χ2v) is 5.14. The van der Waals surface area contributed by atoms with Gasteiger partial charge < -0.3 is 15.8 Å². The van der Waals surface area contributed by atoms with Crippen LogP contribution in [0.5, 0.6) is 5.75 Å². The van der Waals surface area contributed by atoms with Crippen molar-refractivity contribution in [3.63, 3.8) is 0 Å². The number of methoxy groups -OCH3 is 1. The first-order chi connectivity index (χ1) is 10.0. The van der Waals surface area contributed by atoms with E-state index in [1.54, 1.807) is 37.4 Å². The van der Waals surface area contributed by atoms with E-state index in [1.165, 1.54) is 0 Å². The smallest absolute Gasteiger partial charge is 0.231 e. The average Bonchev–Trinajstić information content (AvgIpc) is 2.46. The number of ether oxygens (including phenoxy) is 1. The first-order valence-electron chi connectivity index (χ1n) is 6.51. The number of nitrogen functional groups attached to an aromatic ring is 1. The summed E-state index contributed by atoms with van der Waals surface area (Å²) >= 11 is 6.04. The fourth-order valence-electron chi connectivity index (χ4n) is 1.97. The van der Waals surface area contributed by atoms with Gasteiger partial charge in [-0.2, -0.15) is 0 Å². The molecule has 3 N–H and O–H groups in total. The minimum absolute atomic E-state index is 0.123. The molecule has 0 aliphatic heterocycles. The van der Waals surface area contributed by atoms with Gasteiger partial charge in [-0.25, -0.2) is 0 Å². The lowest BCUT2D eigenvalue weighted by molar-refractivity contribution is -0.117. The summed E-state index contributed by atoms with van der Waals surface area (Å²) in [5.74, 6) is 0.134. The van der Waals surface area contributed by atoms with E-state index < -0.39 is 0 Å². The van der Waals surface area contributed by atoms with E-state index in [0.29, 0.717) is 22.1 Å². The molecule has 110 valence electrons. The molecule has 0 aliphatic rings. The van der Waals surface area contributed by atoms with Gasteiger partial charge in [0.15, 0.2) is 0 Å². The van der Waals surface area contributed by atoms with Crippen LogP contribution in [0.2, 0.25) is 5.02 Å². The van der Waals surface area contributed by atoms with Gasteiger partial charge in [0.05, 0.1) is 18.1 Å². The molecule has 0 radical (unpaired) electrons. The molecule has 0 bridgehead atoms. The minimum Gasteiger partial charge on any atom is -0.495 e. The zero-order valence-corrected chi connectivity index (χ0v) is 12.6. The first kappa shape index (κ1) is 15.2. The Hall–Kier alpha value is -2.20. The molecular weight excluding hydrogens is 288 g/mol. The molecule has 1 unspecified atom stereocenters. The van der Waals surface area contributed by atoms with Crippen LogP contribution in [-0.2, 0) is 4.79 Å². The Labute approximate surface area is 128 Å². The maximum absolute atomic E-state index is 12.3. The van der Waals surface area contributed by atoms with Crippen molar-refractivity contribution in [1.82, 2.24) is 0 Å². The van der Waals surface area contributed by atoms with Crippen molar-refractivity contribution in [2.24, 2.45) is 0 Å². The largest absolute Gasteiger partial charge is 0.495 e. The number of carbonyl (C=O) groups excluding carboxylic acids is 1. The van der Waals surface area contributed by atoms with E-state index in [0.717, 1.165) is 5.56 Å². The predicted octanol–water partition coefficient (Wildman–Crippen LogP) is 3.67. The lowest BCUT2D eigenvalue weighted by Crippen LogP contribution is -2.18. The Morgan fingerprint density at radius 1 is 1.29 bits per heavy atom. The van der Waals surface area contributed by atoms with Crippen molar-refractivity contribution in [3.8, 4) is 5.75 Å². The molecular formula is C16H17ClN2O2. The molecule has 1 amide bonds. The van der Waals surface area contributed by atoms with Gasteiger partial charge in [-0.3, -0.25) is 4.79 Å². The molecule has 2 aromatic rings. The van der Waals surface area contributed by atoms with Crippen LogP contribution in [0.25, 0.3) is 0 Å². The minimum atomic E-state index is -0.311. The van der Waals surface area contributed by atoms with Crippen LogP contribution in [0.4, 0.5) is 11.4 Å². The van der Waals surface area contributed by atoms with Crippen LogP contribution in [0, 0.1) is 0 Å². The monoisotopic (exact) mass is 304 g/mol. The highest BCUT2D eigenvalue weighted by atomic mass is 35.5. The number of nitrogens with one attached hydrogen (secondary N) is 1. The summed E-state index contributed by atoms with van der Waals surface area (Å²) in [7, 11) is 1.54. The van der Waals surface area contributed by atoms with E-state index in [2.05, 4.69) is 5.32 Å². The summed E-state index contributed by atoms with van der Waals surface area (Å²) < 4.78 is 5.08. The van der Waals surface area contributed by atoms with Crippen molar-refractivity contribution < 1.29 is 9.53 Å². The van der Waals surface area contributed by atoms with Gasteiger partial charge >= 0.3 is 0 Å². The standard InChI is InChI=1S/C16H17ClN2O2/c1-10(11-4-3-5-12(18)8-11)16(20)19-13-6-7-15(21-2)14(17)9-13/h3-10H,18H2,1-2H3,(H,19,20). The molecule has 5 heteroatoms. The first-order valence-corrected chi connectivity index (χ1v) is 6.89. The molecule has 0 heterocycles. The van der Waals surface area contributed by atoms with E-state index >= 15 is 0 Å². The van der Waals surface area contributed by atoms with E-state index in [4.69, 9.17) is 22.1 Å². The topological polar surface area (TPSA) is 64.3 Å². The molecule has 0 saturated heterocycles. The Morgan fingerprint density at radius 2 is 2.05 bits per heavy atom. The van der Waals surface area contributed by atoms with Crippen LogP contribution in [0.1, 0.15) is 18.4 Å². The summed E-state index contributed by atoms with van der Waals surface area (Å²) in [4.78, 5) is 12.3. The number of carbonyl (C=O) groups is 1. The molecule has 0 aromatic heterocycles. The van der Waals surface area contributed by atoms with E-state index in [-0.39, 0.29) is 11.8 Å². The predicted molar refractivity (Wildman–Crippen MR) is 85.9 cm³/mol. The molecule has 0 fully saturated rings. The van der Waals surface area contributed by atoms with Gasteiger partial charge in [-0.15, -0.1) is 0 Å². The Bertz CT molecular complexity index is 658. The van der Waals surface area contributed by atoms with Gasteiger partial charge in [-0.1, -0.05) is 23.7 Å². The van der Waals surface area contributed by atoms with Crippen LogP contribution < -0.4 is 15.8 Å². The van der Waals surface area contributed by atoms with Gasteiger partial charge in [-0.05, 0) is 42.8 Å². The lowest BCUT2D eigenvalue weighted by Gasteiger charge is -2.14. The number of hydrogen-bond acceptors (Lipinski definition) is 3. The molecule has 0 saturated carbocycles. The third kappa shape index (κ3) is 3.67. The van der Waals surface area contributed by atoms with Crippen LogP contribution >= 0.6 is 11.6 Å². The highest BCUT2D eigenvalue weighted by Crippen LogP contribution is 2.28. The fourth-order valence-corrected chi connectivity index (χ4v) is 2.23. The zero-order valence-electron chi connectivity index (χ0n) is 11.9. The number of benzene rings is 2. The molecule has 0 aliphatic carbocycles. The van der Waals surface area contributed by atoms with Crippen molar-refractivity contribution in [2.75, 3.05) is 18.2 Å². The fraction of sp³-hybridized carbons (Fsp3) is 0.188. The highest BCUT2D eigenvalue weighted by Gasteiger charge is 2.16. The van der Waals surface area contributed by atoms with E-state index in [9.17, 15) is 4.79 Å². The summed E-state index contributed by atoms with van der Waals surface area (Å²) in [5.41, 5.74) is 7.87. The number of hydrogen-bond donors (Lipinski definition) is 2. The van der Waals surface area contributed by atoms with Crippen LogP contribution in [0.3, 0.4) is 0 Å². The average molecular weight is 305 g/mol. The zero-order chi connectivity index (χ0) is 15.4. The third-order valence-corrected chi connectivity index (χ3v) is 3.52. The highest BCUT2D eigenvalue weighted by molar-refractivity contribution is 6.32. The summed E-state index contributed by atoms with van der Waals surface area (Å²) in [6.07, 6.45) is 0. The van der Waals surface area contributed by atoms with Gasteiger partial charge in [0.25, 0.3) is 0 Å². The van der Waals surface area contributed by atoms with Crippen molar-refractivity contribution >= 4 is 28.9 Å². The van der Waals surface area contributed by atoms with Crippen molar-refractivity contribution in [2.45, 2.75) is 12.8 Å². The van der Waals surface area contributed by atoms with E-state index in [1.807, 2.05) is 19.1 Å². The SMILES string of the molecule is COc1ccc(NC(=O)C(C)c2cccc(N)c2)cc1Cl. The molecule has 2 rings (SSSR count). The molecule has 21 heavy (non-hydrogen) atoms. The third-order valence-electron chi connectivity index (χ3n) is 3.22. The molecule has 2 aromatic carbocycles. The number of anilines is 2. The van der Waals surface area contributed by atoms with Gasteiger partial charge in [0.2, 0.25) is 5.91 Å². The number of nitrogens with two attached hydrogens (primary N) is 1. The maximum Gasteiger partial charge on any atom is 0.231 e. The molecule has 0 spiro atoms. The number of amides is 1. The number of rotatable bonds is 4. The van der Waals surface area contributed by atoms with Crippen molar-refractivity contribution in [3.05, 3.63) is 53.1 Å². The Kier molecular flexibility index (Phi) is 4.70. The lowest BCUT2D eigenvalue weighted by atomic mass is 10.00. The number of halogens is 1. The maximum atomic E-state index is 12.3. The second kappa shape index (κ2) is 6.50. The molecule has 4 nitrogen and oxygen atoms in total. The normalized spacial score (nSPS) is 11.8. The summed E-state index contributed by atoms with van der Waals surface area (Å²) in [5, 5.41) is 3.28. The quantitative estimate of drug-likeness (QED) is 0.847. The van der Waals surface area contributed by atoms with Crippen molar-refractivity contribution in [1.29, 1.82) is 0 Å². The van der Waals surface area contributed by atoms with Crippen LogP contribution in [-0.4, -0.2) is 13.0 Å². The van der Waals surface area contributed by atoms with Gasteiger partial charge in [0.1, 0.15) is 5.75 Å². The Balaban J connectivity index is 2.12. The molecule has 1 atom stereocenters. The Morgan fingerprint density at radius 3 is 2.67 bits per heavy atom. The van der Waals surface area contributed by atoms with Crippen LogP contribution in [0.15, 0.2) is 42.5 Å². The van der Waals surface area contributed by atoms with Gasteiger partial charge in [0, 0.05) is 11.4 Å². The summed E-state index contributed by atoms with van der Waals surface area (Å²) in [6, 6.07) is 12.4.